The number of carbonyl (C=O) groups excluding carboxylic acids is 2. The molecule has 0 aliphatic carbocycles. The van der Waals surface area contributed by atoms with Crippen molar-refractivity contribution in [1.82, 2.24) is 9.62 Å². The van der Waals surface area contributed by atoms with E-state index in [1.54, 1.807) is 10.3 Å². The van der Waals surface area contributed by atoms with Gasteiger partial charge in [-0.3, -0.25) is 9.59 Å². The van der Waals surface area contributed by atoms with E-state index < -0.39 is 21.8 Å². The Morgan fingerprint density at radius 3 is 2.57 bits per heavy atom. The minimum Gasteiger partial charge on any atom is -0.337 e. The van der Waals surface area contributed by atoms with Crippen LogP contribution in [0.2, 0.25) is 0 Å². The van der Waals surface area contributed by atoms with Crippen molar-refractivity contribution in [3.63, 3.8) is 0 Å². The molecule has 0 spiro atoms. The summed E-state index contributed by atoms with van der Waals surface area (Å²) < 4.78 is 26.0. The van der Waals surface area contributed by atoms with Crippen LogP contribution in [0.25, 0.3) is 0 Å². The second-order valence-corrected chi connectivity index (χ2v) is 8.47. The van der Waals surface area contributed by atoms with Crippen LogP contribution in [0, 0.1) is 5.92 Å². The Hall–Kier alpha value is -1.41. The standard InChI is InChI=1S/C13H18N2O4S2/c1-13(2,3)15-7-9(6-11(15)16)12(17)14-21(18,19)10-4-5-20-8-10/h4-5,8-9H,6-7H2,1-3H3,(H,14,17). The van der Waals surface area contributed by atoms with Crippen molar-refractivity contribution in [3.05, 3.63) is 16.8 Å². The summed E-state index contributed by atoms with van der Waals surface area (Å²) in [5.74, 6) is -1.39. The van der Waals surface area contributed by atoms with Gasteiger partial charge in [0.15, 0.2) is 0 Å². The topological polar surface area (TPSA) is 83.6 Å². The Morgan fingerprint density at radius 2 is 2.10 bits per heavy atom. The molecule has 1 unspecified atom stereocenters. The lowest BCUT2D eigenvalue weighted by molar-refractivity contribution is -0.131. The number of thiophene rings is 1. The Balaban J connectivity index is 2.08. The van der Waals surface area contributed by atoms with E-state index in [0.29, 0.717) is 0 Å². The average Bonchev–Trinajstić information content (AvgIpc) is 2.95. The molecule has 1 fully saturated rings. The molecule has 8 heteroatoms. The van der Waals surface area contributed by atoms with Crippen LogP contribution < -0.4 is 4.72 Å². The molecule has 21 heavy (non-hydrogen) atoms. The summed E-state index contributed by atoms with van der Waals surface area (Å²) in [5.41, 5.74) is -0.377. The first-order valence-electron chi connectivity index (χ1n) is 6.50. The highest BCUT2D eigenvalue weighted by Gasteiger charge is 2.40. The largest absolute Gasteiger partial charge is 0.337 e. The van der Waals surface area contributed by atoms with Crippen molar-refractivity contribution >= 4 is 33.2 Å². The van der Waals surface area contributed by atoms with E-state index >= 15 is 0 Å². The lowest BCUT2D eigenvalue weighted by atomic mass is 10.1. The van der Waals surface area contributed by atoms with Crippen molar-refractivity contribution in [1.29, 1.82) is 0 Å². The van der Waals surface area contributed by atoms with E-state index in [4.69, 9.17) is 0 Å². The summed E-state index contributed by atoms with van der Waals surface area (Å²) in [7, 11) is -3.84. The zero-order valence-electron chi connectivity index (χ0n) is 12.1. The van der Waals surface area contributed by atoms with Crippen molar-refractivity contribution in [3.8, 4) is 0 Å². The number of sulfonamides is 1. The highest BCUT2D eigenvalue weighted by Crippen LogP contribution is 2.26. The van der Waals surface area contributed by atoms with Gasteiger partial charge in [0.1, 0.15) is 0 Å². The minimum atomic E-state index is -3.84. The molecule has 2 heterocycles. The zero-order valence-corrected chi connectivity index (χ0v) is 13.8. The third kappa shape index (κ3) is 3.44. The molecule has 0 saturated carbocycles. The second kappa shape index (κ2) is 5.42. The summed E-state index contributed by atoms with van der Waals surface area (Å²) in [5, 5.41) is 3.08. The molecule has 1 saturated heterocycles. The molecule has 0 radical (unpaired) electrons. The van der Waals surface area contributed by atoms with Crippen molar-refractivity contribution in [2.45, 2.75) is 37.6 Å². The number of rotatable bonds is 3. The fraction of sp³-hybridized carbons (Fsp3) is 0.538. The third-order valence-electron chi connectivity index (χ3n) is 3.35. The van der Waals surface area contributed by atoms with Crippen LogP contribution in [-0.4, -0.2) is 37.2 Å². The van der Waals surface area contributed by atoms with E-state index in [1.165, 1.54) is 22.8 Å². The van der Waals surface area contributed by atoms with Crippen LogP contribution in [0.3, 0.4) is 0 Å². The number of nitrogens with one attached hydrogen (secondary N) is 1. The predicted molar refractivity (Wildman–Crippen MR) is 79.2 cm³/mol. The number of hydrogen-bond acceptors (Lipinski definition) is 5. The van der Waals surface area contributed by atoms with Gasteiger partial charge in [0, 0.05) is 23.9 Å². The summed E-state index contributed by atoms with van der Waals surface area (Å²) >= 11 is 1.24. The van der Waals surface area contributed by atoms with Crippen LogP contribution in [0.4, 0.5) is 0 Å². The van der Waals surface area contributed by atoms with E-state index in [1.807, 2.05) is 20.8 Å². The molecule has 1 N–H and O–H groups in total. The van der Waals surface area contributed by atoms with Crippen LogP contribution in [0.1, 0.15) is 27.2 Å². The van der Waals surface area contributed by atoms with Crippen molar-refractivity contribution < 1.29 is 18.0 Å². The summed E-state index contributed by atoms with van der Waals surface area (Å²) in [6, 6.07) is 1.43. The normalized spacial score (nSPS) is 19.9. The molecule has 1 aliphatic rings. The number of amides is 2. The van der Waals surface area contributed by atoms with Gasteiger partial charge in [-0.15, -0.1) is 0 Å². The molecule has 2 rings (SSSR count). The van der Waals surface area contributed by atoms with E-state index in [-0.39, 0.29) is 29.3 Å². The van der Waals surface area contributed by atoms with Crippen LogP contribution in [0.15, 0.2) is 21.7 Å². The molecule has 1 aromatic rings. The Kier molecular flexibility index (Phi) is 4.12. The Labute approximate surface area is 128 Å². The Bertz CT molecular complexity index is 644. The fourth-order valence-corrected chi connectivity index (χ4v) is 4.28. The van der Waals surface area contributed by atoms with Gasteiger partial charge in [0.2, 0.25) is 11.8 Å². The van der Waals surface area contributed by atoms with Crippen LogP contribution >= 0.6 is 11.3 Å². The second-order valence-electron chi connectivity index (χ2n) is 6.01. The van der Waals surface area contributed by atoms with E-state index in [0.717, 1.165) is 0 Å². The molecular formula is C13H18N2O4S2. The molecule has 116 valence electrons. The smallest absolute Gasteiger partial charge is 0.264 e. The van der Waals surface area contributed by atoms with Gasteiger partial charge in [-0.1, -0.05) is 0 Å². The lowest BCUT2D eigenvalue weighted by Gasteiger charge is -2.31. The van der Waals surface area contributed by atoms with Gasteiger partial charge in [0.25, 0.3) is 10.0 Å². The third-order valence-corrected chi connectivity index (χ3v) is 5.52. The average molecular weight is 330 g/mol. The molecule has 0 bridgehead atoms. The highest BCUT2D eigenvalue weighted by molar-refractivity contribution is 7.90. The SMILES string of the molecule is CC(C)(C)N1CC(C(=O)NS(=O)(=O)c2ccsc2)CC1=O. The van der Waals surface area contributed by atoms with Gasteiger partial charge in [-0.25, -0.2) is 13.1 Å². The van der Waals surface area contributed by atoms with E-state index in [2.05, 4.69) is 4.72 Å². The molecule has 1 atom stereocenters. The van der Waals surface area contributed by atoms with Crippen LogP contribution in [0.5, 0.6) is 0 Å². The van der Waals surface area contributed by atoms with Gasteiger partial charge in [-0.05, 0) is 32.2 Å². The number of hydrogen-bond donors (Lipinski definition) is 1. The number of nitrogens with zero attached hydrogens (tertiary/aromatic N) is 1. The quantitative estimate of drug-likeness (QED) is 0.902. The van der Waals surface area contributed by atoms with Gasteiger partial charge >= 0.3 is 0 Å². The summed E-state index contributed by atoms with van der Waals surface area (Å²) in [6.07, 6.45) is 0.0439. The Morgan fingerprint density at radius 1 is 1.43 bits per heavy atom. The first kappa shape index (κ1) is 16.0. The fourth-order valence-electron chi connectivity index (χ4n) is 2.21. The lowest BCUT2D eigenvalue weighted by Crippen LogP contribution is -2.43. The van der Waals surface area contributed by atoms with Crippen molar-refractivity contribution in [2.24, 2.45) is 5.92 Å². The van der Waals surface area contributed by atoms with E-state index in [9.17, 15) is 18.0 Å². The van der Waals surface area contributed by atoms with Crippen LogP contribution in [-0.2, 0) is 19.6 Å². The highest BCUT2D eigenvalue weighted by atomic mass is 32.2. The summed E-state index contributed by atoms with van der Waals surface area (Å²) in [4.78, 5) is 25.7. The van der Waals surface area contributed by atoms with Crippen molar-refractivity contribution in [2.75, 3.05) is 6.54 Å². The number of likely N-dealkylation sites (tertiary alicyclic amines) is 1. The first-order valence-corrected chi connectivity index (χ1v) is 8.93. The molecule has 2 amide bonds. The maximum Gasteiger partial charge on any atom is 0.264 e. The molecule has 6 nitrogen and oxygen atoms in total. The molecule has 0 aromatic carbocycles. The zero-order chi connectivity index (χ0) is 15.8. The van der Waals surface area contributed by atoms with Gasteiger partial charge in [0.05, 0.1) is 10.8 Å². The van der Waals surface area contributed by atoms with Gasteiger partial charge < -0.3 is 4.90 Å². The first-order chi connectivity index (χ1) is 9.61. The maximum absolute atomic E-state index is 12.1. The maximum atomic E-state index is 12.1. The monoisotopic (exact) mass is 330 g/mol. The van der Waals surface area contributed by atoms with Gasteiger partial charge in [-0.2, -0.15) is 11.3 Å². The predicted octanol–water partition coefficient (Wildman–Crippen LogP) is 1.20. The number of carbonyl (C=O) groups is 2. The summed E-state index contributed by atoms with van der Waals surface area (Å²) in [6.45, 7) is 5.89. The molecule has 1 aromatic heterocycles. The molecular weight excluding hydrogens is 312 g/mol. The molecule has 1 aliphatic heterocycles. The minimum absolute atomic E-state index is 0.0439.